The van der Waals surface area contributed by atoms with E-state index in [1.807, 2.05) is 9.80 Å². The fourth-order valence-corrected chi connectivity index (χ4v) is 4.17. The molecule has 1 aromatic rings. The second kappa shape index (κ2) is 6.24. The Kier molecular flexibility index (Phi) is 4.08. The molecule has 0 bridgehead atoms. The lowest BCUT2D eigenvalue weighted by molar-refractivity contribution is -0.149. The van der Waals surface area contributed by atoms with Gasteiger partial charge in [0.25, 0.3) is 11.8 Å². The van der Waals surface area contributed by atoms with Gasteiger partial charge in [-0.15, -0.1) is 0 Å². The van der Waals surface area contributed by atoms with Gasteiger partial charge in [-0.3, -0.25) is 9.59 Å². The SMILES string of the molecule is O=C(c1ccco1)N1CCC2(CCC(C(=O)N3CCCC3)O2)CC1. The van der Waals surface area contributed by atoms with Crippen molar-refractivity contribution in [2.24, 2.45) is 0 Å². The van der Waals surface area contributed by atoms with E-state index in [0.717, 1.165) is 51.6 Å². The summed E-state index contributed by atoms with van der Waals surface area (Å²) in [6.45, 7) is 3.06. The molecule has 0 radical (unpaired) electrons. The minimum absolute atomic E-state index is 0.0578. The molecule has 1 atom stereocenters. The van der Waals surface area contributed by atoms with Gasteiger partial charge in [-0.25, -0.2) is 0 Å². The van der Waals surface area contributed by atoms with E-state index >= 15 is 0 Å². The maximum absolute atomic E-state index is 12.5. The average molecular weight is 332 g/mol. The van der Waals surface area contributed by atoms with Gasteiger partial charge in [-0.05, 0) is 50.7 Å². The van der Waals surface area contributed by atoms with Gasteiger partial charge in [0, 0.05) is 26.2 Å². The van der Waals surface area contributed by atoms with Gasteiger partial charge in [0.15, 0.2) is 5.76 Å². The summed E-state index contributed by atoms with van der Waals surface area (Å²) < 4.78 is 11.4. The fraction of sp³-hybridized carbons (Fsp3) is 0.667. The largest absolute Gasteiger partial charge is 0.459 e. The number of nitrogens with zero attached hydrogens (tertiary/aromatic N) is 2. The molecule has 2 amide bonds. The second-order valence-electron chi connectivity index (χ2n) is 7.13. The van der Waals surface area contributed by atoms with Gasteiger partial charge < -0.3 is 19.0 Å². The Hall–Kier alpha value is -1.82. The van der Waals surface area contributed by atoms with Crippen LogP contribution in [0.1, 0.15) is 49.1 Å². The van der Waals surface area contributed by atoms with E-state index in [9.17, 15) is 9.59 Å². The van der Waals surface area contributed by atoms with Crippen molar-refractivity contribution < 1.29 is 18.7 Å². The number of hydrogen-bond donors (Lipinski definition) is 0. The topological polar surface area (TPSA) is 63.0 Å². The van der Waals surface area contributed by atoms with Gasteiger partial charge in [-0.2, -0.15) is 0 Å². The third kappa shape index (κ3) is 2.83. The van der Waals surface area contributed by atoms with Crippen molar-refractivity contribution in [3.05, 3.63) is 24.2 Å². The van der Waals surface area contributed by atoms with E-state index in [2.05, 4.69) is 0 Å². The molecule has 4 rings (SSSR count). The van der Waals surface area contributed by atoms with Crippen LogP contribution in [0.4, 0.5) is 0 Å². The Morgan fingerprint density at radius 3 is 2.46 bits per heavy atom. The van der Waals surface area contributed by atoms with Crippen molar-refractivity contribution in [1.82, 2.24) is 9.80 Å². The highest BCUT2D eigenvalue weighted by atomic mass is 16.5. The van der Waals surface area contributed by atoms with Crippen LogP contribution in [0.2, 0.25) is 0 Å². The molecular weight excluding hydrogens is 308 g/mol. The number of likely N-dealkylation sites (tertiary alicyclic amines) is 2. The first-order valence-electron chi connectivity index (χ1n) is 8.96. The highest BCUT2D eigenvalue weighted by Crippen LogP contribution is 2.39. The summed E-state index contributed by atoms with van der Waals surface area (Å²) in [4.78, 5) is 28.6. The molecule has 4 heterocycles. The highest BCUT2D eigenvalue weighted by Gasteiger charge is 2.46. The van der Waals surface area contributed by atoms with Crippen molar-refractivity contribution in [3.63, 3.8) is 0 Å². The standard InChI is InChI=1S/C18H24N2O4/c21-16(14-4-3-13-23-14)20-11-7-18(8-12-20)6-5-15(24-18)17(22)19-9-1-2-10-19/h3-4,13,15H,1-2,5-12H2. The second-order valence-corrected chi connectivity index (χ2v) is 7.13. The van der Waals surface area contributed by atoms with Crippen molar-refractivity contribution in [3.8, 4) is 0 Å². The van der Waals surface area contributed by atoms with E-state index in [0.29, 0.717) is 18.8 Å². The third-order valence-electron chi connectivity index (χ3n) is 5.64. The molecule has 0 aromatic carbocycles. The minimum atomic E-state index is -0.282. The quantitative estimate of drug-likeness (QED) is 0.831. The number of carbonyl (C=O) groups is 2. The maximum Gasteiger partial charge on any atom is 0.289 e. The number of amides is 2. The van der Waals surface area contributed by atoms with Crippen molar-refractivity contribution >= 4 is 11.8 Å². The van der Waals surface area contributed by atoms with Crippen LogP contribution in [-0.4, -0.2) is 59.5 Å². The summed E-state index contributed by atoms with van der Waals surface area (Å²) >= 11 is 0. The lowest BCUT2D eigenvalue weighted by atomic mass is 9.88. The monoisotopic (exact) mass is 332 g/mol. The van der Waals surface area contributed by atoms with Crippen molar-refractivity contribution in [2.45, 2.75) is 50.2 Å². The third-order valence-corrected chi connectivity index (χ3v) is 5.64. The number of rotatable bonds is 2. The zero-order valence-corrected chi connectivity index (χ0v) is 13.9. The number of piperidine rings is 1. The summed E-state index contributed by atoms with van der Waals surface area (Å²) in [5.41, 5.74) is -0.222. The first-order valence-corrected chi connectivity index (χ1v) is 8.96. The molecule has 1 spiro atoms. The zero-order valence-electron chi connectivity index (χ0n) is 13.9. The van der Waals surface area contributed by atoms with E-state index < -0.39 is 0 Å². The Balaban J connectivity index is 1.34. The average Bonchev–Trinajstić information content (AvgIpc) is 3.36. The van der Waals surface area contributed by atoms with Crippen LogP contribution < -0.4 is 0 Å². The molecule has 1 aromatic heterocycles. The van der Waals surface area contributed by atoms with E-state index in [1.54, 1.807) is 12.1 Å². The van der Waals surface area contributed by atoms with Gasteiger partial charge in [0.05, 0.1) is 11.9 Å². The number of hydrogen-bond acceptors (Lipinski definition) is 4. The minimum Gasteiger partial charge on any atom is -0.459 e. The normalized spacial score (nSPS) is 26.2. The van der Waals surface area contributed by atoms with Gasteiger partial charge >= 0.3 is 0 Å². The van der Waals surface area contributed by atoms with E-state index in [1.165, 1.54) is 6.26 Å². The summed E-state index contributed by atoms with van der Waals surface area (Å²) in [5.74, 6) is 0.497. The van der Waals surface area contributed by atoms with Crippen LogP contribution >= 0.6 is 0 Å². The molecule has 24 heavy (non-hydrogen) atoms. The molecule has 3 aliphatic heterocycles. The van der Waals surface area contributed by atoms with Crippen molar-refractivity contribution in [1.29, 1.82) is 0 Å². The molecule has 3 saturated heterocycles. The van der Waals surface area contributed by atoms with Crippen LogP contribution in [0, 0.1) is 0 Å². The summed E-state index contributed by atoms with van der Waals surface area (Å²) in [6.07, 6.45) is 6.76. The molecule has 0 aliphatic carbocycles. The molecule has 6 heteroatoms. The molecular formula is C18H24N2O4. The Morgan fingerprint density at radius 2 is 1.79 bits per heavy atom. The lowest BCUT2D eigenvalue weighted by Gasteiger charge is -2.38. The maximum atomic E-state index is 12.5. The fourth-order valence-electron chi connectivity index (χ4n) is 4.17. The van der Waals surface area contributed by atoms with Crippen LogP contribution in [0.15, 0.2) is 22.8 Å². The van der Waals surface area contributed by atoms with Gasteiger partial charge in [0.1, 0.15) is 6.10 Å². The number of ether oxygens (including phenoxy) is 1. The van der Waals surface area contributed by atoms with Crippen molar-refractivity contribution in [2.75, 3.05) is 26.2 Å². The predicted molar refractivity (Wildman–Crippen MR) is 86.5 cm³/mol. The Labute approximate surface area is 141 Å². The highest BCUT2D eigenvalue weighted by molar-refractivity contribution is 5.91. The smallest absolute Gasteiger partial charge is 0.289 e. The lowest BCUT2D eigenvalue weighted by Crippen LogP contribution is -2.47. The number of furan rings is 1. The molecule has 130 valence electrons. The predicted octanol–water partition coefficient (Wildman–Crippen LogP) is 2.06. The molecule has 1 unspecified atom stereocenters. The van der Waals surface area contributed by atoms with E-state index in [4.69, 9.17) is 9.15 Å². The van der Waals surface area contributed by atoms with Gasteiger partial charge in [-0.1, -0.05) is 0 Å². The van der Waals surface area contributed by atoms with Gasteiger partial charge in [0.2, 0.25) is 0 Å². The molecule has 3 fully saturated rings. The molecule has 0 saturated carbocycles. The van der Waals surface area contributed by atoms with E-state index in [-0.39, 0.29) is 23.5 Å². The van der Waals surface area contributed by atoms with Crippen LogP contribution in [0.3, 0.4) is 0 Å². The Bertz CT molecular complexity index is 599. The summed E-state index contributed by atoms with van der Waals surface area (Å²) in [6, 6.07) is 3.43. The Morgan fingerprint density at radius 1 is 1.04 bits per heavy atom. The summed E-state index contributed by atoms with van der Waals surface area (Å²) in [7, 11) is 0. The molecule has 3 aliphatic rings. The first-order chi connectivity index (χ1) is 11.7. The summed E-state index contributed by atoms with van der Waals surface area (Å²) in [5, 5.41) is 0. The van der Waals surface area contributed by atoms with Crippen LogP contribution in [0.5, 0.6) is 0 Å². The first kappa shape index (κ1) is 15.7. The van der Waals surface area contributed by atoms with Crippen LogP contribution in [-0.2, 0) is 9.53 Å². The molecule has 6 nitrogen and oxygen atoms in total. The molecule has 0 N–H and O–H groups in total. The van der Waals surface area contributed by atoms with Crippen LogP contribution in [0.25, 0.3) is 0 Å². The number of carbonyl (C=O) groups excluding carboxylic acids is 2. The zero-order chi connectivity index (χ0) is 16.6.